The van der Waals surface area contributed by atoms with Crippen LogP contribution in [0.2, 0.25) is 0 Å². The van der Waals surface area contributed by atoms with E-state index in [1.54, 1.807) is 0 Å². The second kappa shape index (κ2) is 8.73. The summed E-state index contributed by atoms with van der Waals surface area (Å²) in [5, 5.41) is 13.4. The van der Waals surface area contributed by atoms with Crippen molar-refractivity contribution in [2.24, 2.45) is 5.92 Å². The van der Waals surface area contributed by atoms with E-state index in [-0.39, 0.29) is 17.4 Å². The van der Waals surface area contributed by atoms with Gasteiger partial charge in [-0.3, -0.25) is 19.8 Å². The molecule has 1 aliphatic heterocycles. The zero-order valence-electron chi connectivity index (χ0n) is 14.9. The van der Waals surface area contributed by atoms with Crippen LogP contribution in [-0.4, -0.2) is 35.4 Å². The summed E-state index contributed by atoms with van der Waals surface area (Å²) in [7, 11) is 0. The van der Waals surface area contributed by atoms with E-state index in [0.717, 1.165) is 37.9 Å². The first-order valence-electron chi connectivity index (χ1n) is 9.01. The lowest BCUT2D eigenvalue weighted by Crippen LogP contribution is -2.39. The van der Waals surface area contributed by atoms with E-state index < -0.39 is 4.92 Å². The highest BCUT2D eigenvalue weighted by Crippen LogP contribution is 2.22. The highest BCUT2D eigenvalue weighted by molar-refractivity contribution is 5.92. The normalized spacial score (nSPS) is 15.4. The average Bonchev–Trinajstić information content (AvgIpc) is 2.65. The fraction of sp³-hybridized carbons (Fsp3) is 0.350. The smallest absolute Gasteiger partial charge is 0.269 e. The number of amides is 1. The number of hydrogen-bond acceptors (Lipinski definition) is 4. The second-order valence-electron chi connectivity index (χ2n) is 6.90. The number of carbonyl (C=O) groups excluding carboxylic acids is 1. The lowest BCUT2D eigenvalue weighted by atomic mass is 9.90. The summed E-state index contributed by atoms with van der Waals surface area (Å²) < 4.78 is 13.0. The van der Waals surface area contributed by atoms with Crippen molar-refractivity contribution in [3.63, 3.8) is 0 Å². The maximum atomic E-state index is 13.0. The zero-order valence-corrected chi connectivity index (χ0v) is 14.9. The number of nitrogens with one attached hydrogen (secondary N) is 1. The number of rotatable bonds is 6. The number of non-ortho nitro benzene ring substituents is 1. The average molecular weight is 371 g/mol. The number of likely N-dealkylation sites (tertiary alicyclic amines) is 1. The van der Waals surface area contributed by atoms with Gasteiger partial charge in [-0.1, -0.05) is 12.1 Å². The summed E-state index contributed by atoms with van der Waals surface area (Å²) >= 11 is 0. The minimum atomic E-state index is -0.471. The van der Waals surface area contributed by atoms with Crippen LogP contribution in [0.4, 0.5) is 15.8 Å². The summed E-state index contributed by atoms with van der Waals surface area (Å²) in [6.07, 6.45) is 2.94. The number of anilines is 1. The predicted octanol–water partition coefficient (Wildman–Crippen LogP) is 3.63. The Morgan fingerprint density at radius 2 is 1.74 bits per heavy atom. The molecule has 0 unspecified atom stereocenters. The van der Waals surface area contributed by atoms with Gasteiger partial charge in [-0.2, -0.15) is 0 Å². The molecular formula is C20H22FN3O3. The first kappa shape index (κ1) is 19.0. The largest absolute Gasteiger partial charge is 0.325 e. The Morgan fingerprint density at radius 1 is 1.11 bits per heavy atom. The van der Waals surface area contributed by atoms with Crippen LogP contribution < -0.4 is 5.32 Å². The van der Waals surface area contributed by atoms with Gasteiger partial charge in [-0.25, -0.2) is 4.39 Å². The first-order chi connectivity index (χ1) is 13.0. The van der Waals surface area contributed by atoms with Crippen LogP contribution in [-0.2, 0) is 11.2 Å². The maximum Gasteiger partial charge on any atom is 0.269 e. The molecule has 0 spiro atoms. The molecule has 2 aromatic rings. The summed E-state index contributed by atoms with van der Waals surface area (Å²) in [4.78, 5) is 24.5. The monoisotopic (exact) mass is 371 g/mol. The van der Waals surface area contributed by atoms with Crippen LogP contribution >= 0.6 is 0 Å². The van der Waals surface area contributed by atoms with Gasteiger partial charge < -0.3 is 5.32 Å². The molecule has 1 N–H and O–H groups in total. The Bertz CT molecular complexity index is 785. The van der Waals surface area contributed by atoms with E-state index in [1.165, 1.54) is 36.4 Å². The topological polar surface area (TPSA) is 75.5 Å². The summed E-state index contributed by atoms with van der Waals surface area (Å²) in [5.74, 6) is 0.206. The number of hydrogen-bond donors (Lipinski definition) is 1. The molecule has 0 atom stereocenters. The third-order valence-electron chi connectivity index (χ3n) is 4.87. The van der Waals surface area contributed by atoms with E-state index in [9.17, 15) is 19.3 Å². The van der Waals surface area contributed by atoms with E-state index >= 15 is 0 Å². The zero-order chi connectivity index (χ0) is 19.2. The van der Waals surface area contributed by atoms with Crippen LogP contribution in [0, 0.1) is 21.8 Å². The Morgan fingerprint density at radius 3 is 2.33 bits per heavy atom. The number of nitro groups is 1. The Balaban J connectivity index is 1.42. The number of carbonyl (C=O) groups is 1. The number of halogens is 1. The summed E-state index contributed by atoms with van der Waals surface area (Å²) in [5.41, 5.74) is 1.69. The molecule has 0 bridgehead atoms. The molecule has 0 aliphatic carbocycles. The van der Waals surface area contributed by atoms with Crippen molar-refractivity contribution in [2.75, 3.05) is 25.0 Å². The molecule has 1 amide bonds. The molecule has 1 aliphatic rings. The van der Waals surface area contributed by atoms with Gasteiger partial charge in [0.05, 0.1) is 11.5 Å². The van der Waals surface area contributed by atoms with Crippen LogP contribution in [0.1, 0.15) is 18.4 Å². The molecule has 0 aromatic heterocycles. The first-order valence-corrected chi connectivity index (χ1v) is 9.01. The van der Waals surface area contributed by atoms with Gasteiger partial charge >= 0.3 is 0 Å². The van der Waals surface area contributed by atoms with Crippen molar-refractivity contribution in [1.29, 1.82) is 0 Å². The lowest BCUT2D eigenvalue weighted by molar-refractivity contribution is -0.384. The van der Waals surface area contributed by atoms with Crippen molar-refractivity contribution in [3.8, 4) is 0 Å². The molecule has 1 saturated heterocycles. The fourth-order valence-corrected chi connectivity index (χ4v) is 3.37. The van der Waals surface area contributed by atoms with E-state index in [2.05, 4.69) is 10.2 Å². The predicted molar refractivity (Wildman–Crippen MR) is 101 cm³/mol. The summed E-state index contributed by atoms with van der Waals surface area (Å²) in [6.45, 7) is 2.00. The highest BCUT2D eigenvalue weighted by atomic mass is 19.1. The van der Waals surface area contributed by atoms with Gasteiger partial charge in [0, 0.05) is 17.8 Å². The van der Waals surface area contributed by atoms with Gasteiger partial charge in [0.25, 0.3) is 5.69 Å². The van der Waals surface area contributed by atoms with Crippen LogP contribution in [0.15, 0.2) is 48.5 Å². The Kier molecular flexibility index (Phi) is 6.13. The molecular weight excluding hydrogens is 349 g/mol. The van der Waals surface area contributed by atoms with E-state index in [1.807, 2.05) is 12.1 Å². The molecule has 27 heavy (non-hydrogen) atoms. The standard InChI is InChI=1S/C20H22FN3O3/c21-17-3-1-15(2-4-17)13-16-9-11-23(12-10-16)14-20(25)22-18-5-7-19(8-6-18)24(26)27/h1-8,16H,9-14H2,(H,22,25). The second-order valence-corrected chi connectivity index (χ2v) is 6.90. The third-order valence-corrected chi connectivity index (χ3v) is 4.87. The molecule has 0 radical (unpaired) electrons. The van der Waals surface area contributed by atoms with Crippen molar-refractivity contribution >= 4 is 17.3 Å². The molecule has 2 aromatic carbocycles. The Hall–Kier alpha value is -2.80. The number of piperidine rings is 1. The molecule has 1 fully saturated rings. The molecule has 142 valence electrons. The molecule has 0 saturated carbocycles. The number of benzene rings is 2. The highest BCUT2D eigenvalue weighted by Gasteiger charge is 2.21. The number of nitrogens with zero attached hydrogens (tertiary/aromatic N) is 2. The van der Waals surface area contributed by atoms with Crippen molar-refractivity contribution in [2.45, 2.75) is 19.3 Å². The third kappa shape index (κ3) is 5.59. The molecule has 1 heterocycles. The lowest BCUT2D eigenvalue weighted by Gasteiger charge is -2.31. The minimum absolute atomic E-state index is 0.00349. The quantitative estimate of drug-likeness (QED) is 0.621. The molecule has 3 rings (SSSR count). The van der Waals surface area contributed by atoms with Gasteiger partial charge in [-0.05, 0) is 68.1 Å². The van der Waals surface area contributed by atoms with Crippen molar-refractivity contribution in [1.82, 2.24) is 4.90 Å². The van der Waals surface area contributed by atoms with Crippen LogP contribution in [0.25, 0.3) is 0 Å². The fourth-order valence-electron chi connectivity index (χ4n) is 3.37. The van der Waals surface area contributed by atoms with Crippen LogP contribution in [0.3, 0.4) is 0 Å². The van der Waals surface area contributed by atoms with Gasteiger partial charge in [0.15, 0.2) is 0 Å². The molecule has 7 heteroatoms. The Labute approximate surface area is 157 Å². The molecule has 6 nitrogen and oxygen atoms in total. The maximum absolute atomic E-state index is 13.0. The van der Waals surface area contributed by atoms with Crippen molar-refractivity contribution < 1.29 is 14.1 Å². The van der Waals surface area contributed by atoms with Crippen molar-refractivity contribution in [3.05, 3.63) is 70.0 Å². The van der Waals surface area contributed by atoms with E-state index in [4.69, 9.17) is 0 Å². The van der Waals surface area contributed by atoms with E-state index in [0.29, 0.717) is 18.2 Å². The SMILES string of the molecule is O=C(CN1CCC(Cc2ccc(F)cc2)CC1)Nc1ccc([N+](=O)[O-])cc1. The minimum Gasteiger partial charge on any atom is -0.325 e. The summed E-state index contributed by atoms with van der Waals surface area (Å²) in [6, 6.07) is 12.5. The van der Waals surface area contributed by atoms with Gasteiger partial charge in [-0.15, -0.1) is 0 Å². The van der Waals surface area contributed by atoms with Crippen LogP contribution in [0.5, 0.6) is 0 Å². The van der Waals surface area contributed by atoms with Gasteiger partial charge in [0.2, 0.25) is 5.91 Å². The van der Waals surface area contributed by atoms with Gasteiger partial charge in [0.1, 0.15) is 5.82 Å². The number of nitro benzene ring substituents is 1.